The van der Waals surface area contributed by atoms with Gasteiger partial charge in [0, 0.05) is 19.0 Å². The lowest BCUT2D eigenvalue weighted by atomic mass is 9.99. The maximum Gasteiger partial charge on any atom is 0.243 e. The normalized spacial score (nSPS) is 21.9. The van der Waals surface area contributed by atoms with Crippen molar-refractivity contribution in [3.63, 3.8) is 0 Å². The quantitative estimate of drug-likeness (QED) is 0.376. The molecule has 1 saturated heterocycles. The third-order valence-corrected chi connectivity index (χ3v) is 5.25. The largest absolute Gasteiger partial charge is 0.409 e. The van der Waals surface area contributed by atoms with E-state index in [1.54, 1.807) is 0 Å². The van der Waals surface area contributed by atoms with Gasteiger partial charge in [-0.3, -0.25) is 0 Å². The first-order valence-corrected chi connectivity index (χ1v) is 7.62. The van der Waals surface area contributed by atoms with Gasteiger partial charge in [0.05, 0.1) is 4.90 Å². The second kappa shape index (κ2) is 5.76. The molecule has 3 N–H and O–H groups in total. The topological polar surface area (TPSA) is 96.0 Å². The van der Waals surface area contributed by atoms with Crippen molar-refractivity contribution in [2.24, 2.45) is 16.8 Å². The smallest absolute Gasteiger partial charge is 0.243 e. The molecule has 0 aromatic heterocycles. The standard InChI is InChI=1S/C12H16FN3O3S/c13-10-3-5-11(6-4-10)20(18,19)16-7-1-2-9(8-16)12(14)15-17/h3-6,9,17H,1-2,7-8H2,(H2,14,15). The van der Waals surface area contributed by atoms with Crippen LogP contribution in [0.4, 0.5) is 4.39 Å². The van der Waals surface area contributed by atoms with Crippen LogP contribution in [-0.2, 0) is 10.0 Å². The van der Waals surface area contributed by atoms with E-state index in [4.69, 9.17) is 10.9 Å². The van der Waals surface area contributed by atoms with Gasteiger partial charge in [-0.05, 0) is 37.1 Å². The van der Waals surface area contributed by atoms with E-state index in [0.717, 1.165) is 12.1 Å². The molecule has 1 aliphatic heterocycles. The molecular weight excluding hydrogens is 285 g/mol. The number of nitrogens with two attached hydrogens (primary N) is 1. The molecule has 0 radical (unpaired) electrons. The third-order valence-electron chi connectivity index (χ3n) is 3.37. The van der Waals surface area contributed by atoms with E-state index >= 15 is 0 Å². The van der Waals surface area contributed by atoms with Crippen LogP contribution < -0.4 is 5.73 Å². The molecular formula is C12H16FN3O3S. The van der Waals surface area contributed by atoms with Crippen LogP contribution in [-0.4, -0.2) is 36.9 Å². The summed E-state index contributed by atoms with van der Waals surface area (Å²) >= 11 is 0. The Balaban J connectivity index is 2.23. The number of hydrogen-bond donors (Lipinski definition) is 2. The Morgan fingerprint density at radius 2 is 2.05 bits per heavy atom. The van der Waals surface area contributed by atoms with Gasteiger partial charge in [0.2, 0.25) is 10.0 Å². The highest BCUT2D eigenvalue weighted by atomic mass is 32.2. The van der Waals surface area contributed by atoms with Crippen molar-refractivity contribution < 1.29 is 18.0 Å². The van der Waals surface area contributed by atoms with Gasteiger partial charge in [-0.2, -0.15) is 4.31 Å². The number of amidine groups is 1. The monoisotopic (exact) mass is 301 g/mol. The number of rotatable bonds is 3. The van der Waals surface area contributed by atoms with Crippen LogP contribution in [0.5, 0.6) is 0 Å². The van der Waals surface area contributed by atoms with Gasteiger partial charge in [-0.25, -0.2) is 12.8 Å². The van der Waals surface area contributed by atoms with Crippen molar-refractivity contribution in [2.45, 2.75) is 17.7 Å². The first-order chi connectivity index (χ1) is 9.45. The molecule has 1 unspecified atom stereocenters. The average molecular weight is 301 g/mol. The van der Waals surface area contributed by atoms with E-state index in [0.29, 0.717) is 19.4 Å². The molecule has 20 heavy (non-hydrogen) atoms. The van der Waals surface area contributed by atoms with Gasteiger partial charge < -0.3 is 10.9 Å². The van der Waals surface area contributed by atoms with Crippen LogP contribution in [0.2, 0.25) is 0 Å². The van der Waals surface area contributed by atoms with Crippen LogP contribution >= 0.6 is 0 Å². The molecule has 1 heterocycles. The minimum Gasteiger partial charge on any atom is -0.409 e. The minimum atomic E-state index is -3.68. The maximum absolute atomic E-state index is 12.9. The molecule has 1 atom stereocenters. The Hall–Kier alpha value is -1.67. The van der Waals surface area contributed by atoms with E-state index in [1.807, 2.05) is 0 Å². The van der Waals surface area contributed by atoms with E-state index in [-0.39, 0.29) is 23.2 Å². The highest BCUT2D eigenvalue weighted by Crippen LogP contribution is 2.24. The Bertz CT molecular complexity index is 601. The lowest BCUT2D eigenvalue weighted by Gasteiger charge is -2.31. The van der Waals surface area contributed by atoms with Crippen molar-refractivity contribution in [1.29, 1.82) is 0 Å². The van der Waals surface area contributed by atoms with Crippen LogP contribution in [0.3, 0.4) is 0 Å². The van der Waals surface area contributed by atoms with Crippen molar-refractivity contribution in [1.82, 2.24) is 4.31 Å². The average Bonchev–Trinajstić information content (AvgIpc) is 2.47. The molecule has 1 aliphatic rings. The predicted molar refractivity (Wildman–Crippen MR) is 71.3 cm³/mol. The van der Waals surface area contributed by atoms with E-state index in [9.17, 15) is 12.8 Å². The summed E-state index contributed by atoms with van der Waals surface area (Å²) in [6.45, 7) is 0.532. The highest BCUT2D eigenvalue weighted by Gasteiger charge is 2.31. The first kappa shape index (κ1) is 14.7. The summed E-state index contributed by atoms with van der Waals surface area (Å²) in [6.07, 6.45) is 1.30. The first-order valence-electron chi connectivity index (χ1n) is 6.18. The molecule has 110 valence electrons. The maximum atomic E-state index is 12.9. The molecule has 6 nitrogen and oxygen atoms in total. The van der Waals surface area contributed by atoms with Crippen molar-refractivity contribution in [2.75, 3.05) is 13.1 Å². The number of sulfonamides is 1. The Morgan fingerprint density at radius 3 is 2.65 bits per heavy atom. The molecule has 1 aromatic carbocycles. The fourth-order valence-corrected chi connectivity index (χ4v) is 3.76. The molecule has 1 fully saturated rings. The predicted octanol–water partition coefficient (Wildman–Crippen LogP) is 0.973. The van der Waals surface area contributed by atoms with Gasteiger partial charge >= 0.3 is 0 Å². The van der Waals surface area contributed by atoms with E-state index < -0.39 is 15.8 Å². The minimum absolute atomic E-state index is 0.0315. The summed E-state index contributed by atoms with van der Waals surface area (Å²) < 4.78 is 39.0. The van der Waals surface area contributed by atoms with E-state index in [1.165, 1.54) is 16.4 Å². The summed E-state index contributed by atoms with van der Waals surface area (Å²) in [5, 5.41) is 11.6. The lowest BCUT2D eigenvalue weighted by Crippen LogP contribution is -2.44. The fourth-order valence-electron chi connectivity index (χ4n) is 2.24. The Morgan fingerprint density at radius 1 is 1.40 bits per heavy atom. The molecule has 0 amide bonds. The van der Waals surface area contributed by atoms with Gasteiger partial charge in [0.1, 0.15) is 11.7 Å². The number of benzene rings is 1. The summed E-state index contributed by atoms with van der Waals surface area (Å²) in [6, 6.07) is 4.69. The molecule has 1 aromatic rings. The van der Waals surface area contributed by atoms with E-state index in [2.05, 4.69) is 5.16 Å². The second-order valence-corrected chi connectivity index (χ2v) is 6.62. The fraction of sp³-hybridized carbons (Fsp3) is 0.417. The van der Waals surface area contributed by atoms with Gasteiger partial charge in [0.15, 0.2) is 0 Å². The lowest BCUT2D eigenvalue weighted by molar-refractivity contribution is 0.287. The number of nitrogens with zero attached hydrogens (tertiary/aromatic N) is 2. The SMILES string of the molecule is NC(=NO)C1CCCN(S(=O)(=O)c2ccc(F)cc2)C1. The molecule has 0 saturated carbocycles. The van der Waals surface area contributed by atoms with Gasteiger partial charge in [-0.1, -0.05) is 5.16 Å². The summed E-state index contributed by atoms with van der Waals surface area (Å²) in [4.78, 5) is 0.0408. The van der Waals surface area contributed by atoms with Crippen LogP contribution in [0.15, 0.2) is 34.3 Å². The molecule has 0 bridgehead atoms. The highest BCUT2D eigenvalue weighted by molar-refractivity contribution is 7.89. The van der Waals surface area contributed by atoms with Crippen LogP contribution in [0.1, 0.15) is 12.8 Å². The Kier molecular flexibility index (Phi) is 4.24. The van der Waals surface area contributed by atoms with Crippen LogP contribution in [0, 0.1) is 11.7 Å². The summed E-state index contributed by atoms with van der Waals surface area (Å²) in [7, 11) is -3.68. The molecule has 2 rings (SSSR count). The zero-order valence-corrected chi connectivity index (χ0v) is 11.6. The summed E-state index contributed by atoms with van der Waals surface area (Å²) in [5.74, 6) is -0.759. The number of piperidine rings is 1. The van der Waals surface area contributed by atoms with Gasteiger partial charge in [0.25, 0.3) is 0 Å². The number of hydrogen-bond acceptors (Lipinski definition) is 4. The summed E-state index contributed by atoms with van der Waals surface area (Å²) in [5.41, 5.74) is 5.54. The van der Waals surface area contributed by atoms with Crippen molar-refractivity contribution >= 4 is 15.9 Å². The number of halogens is 1. The van der Waals surface area contributed by atoms with Crippen molar-refractivity contribution in [3.8, 4) is 0 Å². The second-order valence-electron chi connectivity index (χ2n) is 4.68. The zero-order valence-electron chi connectivity index (χ0n) is 10.7. The van der Waals surface area contributed by atoms with Crippen LogP contribution in [0.25, 0.3) is 0 Å². The van der Waals surface area contributed by atoms with Gasteiger partial charge in [-0.15, -0.1) is 0 Å². The third kappa shape index (κ3) is 2.91. The molecule has 8 heteroatoms. The van der Waals surface area contributed by atoms with Crippen molar-refractivity contribution in [3.05, 3.63) is 30.1 Å². The Labute approximate surface area is 116 Å². The molecule has 0 aliphatic carbocycles. The molecule has 0 spiro atoms. The number of oxime groups is 1. The zero-order chi connectivity index (χ0) is 14.8.